The van der Waals surface area contributed by atoms with E-state index in [1.807, 2.05) is 0 Å². The zero-order chi connectivity index (χ0) is 52.8. The molecule has 72 heavy (non-hydrogen) atoms. The molecule has 4 atom stereocenters. The number of unbranched alkanes of at least 4 members (excludes halogenated alkanes) is 31. The van der Waals surface area contributed by atoms with Crippen molar-refractivity contribution in [3.8, 4) is 0 Å². The SMILES string of the molecule is CCCCCCCCCCC(O)CN(CCCCC(=O)SCCCCSC(=O)CCCCN(CC(O)CCCCCCCCCC)CC(O)CCCCCCCCCC)CC(O)CCCCCCCCCC. The molecule has 0 aliphatic carbocycles. The monoisotopic (exact) mass is 1060 g/mol. The van der Waals surface area contributed by atoms with Crippen molar-refractivity contribution < 1.29 is 30.0 Å². The van der Waals surface area contributed by atoms with Crippen LogP contribution < -0.4 is 0 Å². The summed E-state index contributed by atoms with van der Waals surface area (Å²) in [6, 6.07) is 0. The molecular formula is C62H124N2O6S2. The molecule has 0 rings (SSSR count). The molecule has 8 nitrogen and oxygen atoms in total. The van der Waals surface area contributed by atoms with E-state index in [9.17, 15) is 30.0 Å². The number of thioether (sulfide) groups is 2. The fourth-order valence-corrected chi connectivity index (χ4v) is 11.8. The summed E-state index contributed by atoms with van der Waals surface area (Å²) in [5.74, 6) is 1.59. The maximum absolute atomic E-state index is 12.8. The van der Waals surface area contributed by atoms with Gasteiger partial charge < -0.3 is 20.4 Å². The summed E-state index contributed by atoms with van der Waals surface area (Å²) in [6.07, 6.45) is 48.4. The van der Waals surface area contributed by atoms with E-state index in [0.717, 1.165) is 114 Å². The molecule has 0 aliphatic heterocycles. The number of rotatable bonds is 59. The van der Waals surface area contributed by atoms with Crippen LogP contribution >= 0.6 is 23.5 Å². The summed E-state index contributed by atoms with van der Waals surface area (Å²) in [5.41, 5.74) is 0. The van der Waals surface area contributed by atoms with E-state index in [0.29, 0.717) is 39.0 Å². The Kier molecular flexibility index (Phi) is 56.8. The molecule has 0 aromatic rings. The topological polar surface area (TPSA) is 122 Å². The van der Waals surface area contributed by atoms with Crippen LogP contribution in [0.15, 0.2) is 0 Å². The maximum atomic E-state index is 12.8. The van der Waals surface area contributed by atoms with Gasteiger partial charge in [-0.2, -0.15) is 0 Å². The predicted octanol–water partition coefficient (Wildman–Crippen LogP) is 16.8. The zero-order valence-electron chi connectivity index (χ0n) is 48.4. The zero-order valence-corrected chi connectivity index (χ0v) is 50.0. The van der Waals surface area contributed by atoms with Crippen molar-refractivity contribution in [3.63, 3.8) is 0 Å². The van der Waals surface area contributed by atoms with Crippen LogP contribution in [-0.4, -0.2) is 116 Å². The summed E-state index contributed by atoms with van der Waals surface area (Å²) >= 11 is 2.86. The van der Waals surface area contributed by atoms with Gasteiger partial charge in [-0.05, 0) is 77.3 Å². The minimum absolute atomic E-state index is 0.241. The number of hydrogen-bond donors (Lipinski definition) is 4. The molecule has 10 heteroatoms. The van der Waals surface area contributed by atoms with Gasteiger partial charge in [-0.25, -0.2) is 0 Å². The molecule has 4 unspecified atom stereocenters. The molecule has 0 fully saturated rings. The molecule has 0 spiro atoms. The van der Waals surface area contributed by atoms with Crippen LogP contribution in [0.2, 0.25) is 0 Å². The number of carbonyl (C=O) groups excluding carboxylic acids is 2. The Hall–Kier alpha value is -0.200. The summed E-state index contributed by atoms with van der Waals surface area (Å²) in [4.78, 5) is 30.1. The van der Waals surface area contributed by atoms with Gasteiger partial charge in [-0.1, -0.05) is 257 Å². The molecule has 0 aromatic carbocycles. The fraction of sp³-hybridized carbons (Fsp3) is 0.968. The van der Waals surface area contributed by atoms with E-state index in [1.54, 1.807) is 0 Å². The van der Waals surface area contributed by atoms with E-state index in [2.05, 4.69) is 37.5 Å². The lowest BCUT2D eigenvalue weighted by Crippen LogP contribution is -2.38. The second-order valence-corrected chi connectivity index (χ2v) is 24.6. The largest absolute Gasteiger partial charge is 0.392 e. The minimum Gasteiger partial charge on any atom is -0.392 e. The molecule has 0 aliphatic rings. The fourth-order valence-electron chi connectivity index (χ4n) is 10.1. The lowest BCUT2D eigenvalue weighted by molar-refractivity contribution is -0.111. The molecule has 0 aromatic heterocycles. The number of aliphatic hydroxyl groups excluding tert-OH is 4. The predicted molar refractivity (Wildman–Crippen MR) is 318 cm³/mol. The van der Waals surface area contributed by atoms with Crippen LogP contribution in [0, 0.1) is 0 Å². The number of nitrogens with zero attached hydrogens (tertiary/aromatic N) is 2. The second-order valence-electron chi connectivity index (χ2n) is 22.3. The first-order valence-corrected chi connectivity index (χ1v) is 33.6. The van der Waals surface area contributed by atoms with Crippen molar-refractivity contribution >= 4 is 33.8 Å². The van der Waals surface area contributed by atoms with Gasteiger partial charge in [0.25, 0.3) is 0 Å². The molecule has 0 amide bonds. The van der Waals surface area contributed by atoms with Crippen LogP contribution in [0.3, 0.4) is 0 Å². The molecule has 0 radical (unpaired) electrons. The molecule has 0 bridgehead atoms. The highest BCUT2D eigenvalue weighted by Crippen LogP contribution is 2.19. The third-order valence-corrected chi connectivity index (χ3v) is 16.8. The van der Waals surface area contributed by atoms with Crippen molar-refractivity contribution in [2.75, 3.05) is 50.8 Å². The first kappa shape index (κ1) is 71.8. The minimum atomic E-state index is -0.374. The number of aliphatic hydroxyl groups is 4. The first-order chi connectivity index (χ1) is 35.1. The van der Waals surface area contributed by atoms with Gasteiger partial charge in [0.05, 0.1) is 24.4 Å². The second kappa shape index (κ2) is 57.0. The van der Waals surface area contributed by atoms with Gasteiger partial charge >= 0.3 is 0 Å². The van der Waals surface area contributed by atoms with Gasteiger partial charge in [0, 0.05) is 50.5 Å². The molecule has 0 saturated heterocycles. The smallest absolute Gasteiger partial charge is 0.188 e. The van der Waals surface area contributed by atoms with Gasteiger partial charge in [-0.15, -0.1) is 0 Å². The van der Waals surface area contributed by atoms with Crippen molar-refractivity contribution in [1.82, 2.24) is 9.80 Å². The van der Waals surface area contributed by atoms with E-state index < -0.39 is 0 Å². The quantitative estimate of drug-likeness (QED) is 0.0438. The number of carbonyl (C=O) groups is 2. The van der Waals surface area contributed by atoms with Crippen LogP contribution in [-0.2, 0) is 9.59 Å². The normalized spacial score (nSPS) is 13.6. The van der Waals surface area contributed by atoms with E-state index in [1.165, 1.54) is 203 Å². The van der Waals surface area contributed by atoms with Gasteiger partial charge in [-0.3, -0.25) is 19.4 Å². The van der Waals surface area contributed by atoms with Gasteiger partial charge in [0.2, 0.25) is 0 Å². The Morgan fingerprint density at radius 2 is 0.528 bits per heavy atom. The van der Waals surface area contributed by atoms with E-state index in [4.69, 9.17) is 0 Å². The average molecular weight is 1060 g/mol. The van der Waals surface area contributed by atoms with Crippen molar-refractivity contribution in [2.45, 2.75) is 335 Å². The van der Waals surface area contributed by atoms with Gasteiger partial charge in [0.15, 0.2) is 10.2 Å². The Labute approximate surface area is 456 Å². The molecular weight excluding hydrogens is 933 g/mol. The Bertz CT molecular complexity index is 981. The third kappa shape index (κ3) is 53.2. The highest BCUT2D eigenvalue weighted by Gasteiger charge is 2.18. The van der Waals surface area contributed by atoms with Crippen molar-refractivity contribution in [3.05, 3.63) is 0 Å². The van der Waals surface area contributed by atoms with Crippen molar-refractivity contribution in [2.24, 2.45) is 0 Å². The average Bonchev–Trinajstić information content (AvgIpc) is 3.35. The Morgan fingerprint density at radius 1 is 0.306 bits per heavy atom. The van der Waals surface area contributed by atoms with Gasteiger partial charge in [0.1, 0.15) is 0 Å². The summed E-state index contributed by atoms with van der Waals surface area (Å²) in [7, 11) is 0. The summed E-state index contributed by atoms with van der Waals surface area (Å²) < 4.78 is 0. The van der Waals surface area contributed by atoms with Crippen LogP contribution in [0.1, 0.15) is 310 Å². The lowest BCUT2D eigenvalue weighted by atomic mass is 10.0. The molecule has 0 heterocycles. The lowest BCUT2D eigenvalue weighted by Gasteiger charge is -2.27. The molecule has 430 valence electrons. The Morgan fingerprint density at radius 3 is 0.764 bits per heavy atom. The van der Waals surface area contributed by atoms with Crippen LogP contribution in [0.5, 0.6) is 0 Å². The first-order valence-electron chi connectivity index (χ1n) is 31.6. The Balaban J connectivity index is 4.57. The summed E-state index contributed by atoms with van der Waals surface area (Å²) in [5, 5.41) is 44.4. The molecule has 4 N–H and O–H groups in total. The highest BCUT2D eigenvalue weighted by molar-refractivity contribution is 8.13. The van der Waals surface area contributed by atoms with Crippen LogP contribution in [0.4, 0.5) is 0 Å². The van der Waals surface area contributed by atoms with Crippen LogP contribution in [0.25, 0.3) is 0 Å². The number of hydrogen-bond acceptors (Lipinski definition) is 10. The maximum Gasteiger partial charge on any atom is 0.188 e. The summed E-state index contributed by atoms with van der Waals surface area (Å²) in [6.45, 7) is 13.0. The third-order valence-electron chi connectivity index (χ3n) is 14.7. The standard InChI is InChI=1S/C62H124N2O6S2/c1-5-9-13-17-21-25-29-33-43-57(65)53-63(54-58(66)44-34-30-26-22-18-14-10-6-2)49-39-37-47-61(69)71-51-41-42-52-72-62(70)48-38-40-50-64(55-59(67)45-35-31-27-23-19-15-11-7-3)56-60(68)46-36-32-28-24-20-16-12-8-4/h57-60,65-68H,5-56H2,1-4H3. The highest BCUT2D eigenvalue weighted by atomic mass is 32.2. The van der Waals surface area contributed by atoms with E-state index in [-0.39, 0.29) is 34.6 Å². The van der Waals surface area contributed by atoms with E-state index >= 15 is 0 Å². The molecule has 0 saturated carbocycles. The van der Waals surface area contributed by atoms with Crippen molar-refractivity contribution in [1.29, 1.82) is 0 Å².